The number of nitrogens with one attached hydrogen (secondary N) is 1. The molecule has 1 atom stereocenters. The maximum Gasteiger partial charge on any atom is 0.244 e. The van der Waals surface area contributed by atoms with Gasteiger partial charge in [0, 0.05) is 26.1 Å². The van der Waals surface area contributed by atoms with E-state index in [1.54, 1.807) is 0 Å². The van der Waals surface area contributed by atoms with Crippen molar-refractivity contribution in [1.29, 1.82) is 0 Å². The Balaban J connectivity index is 2.49. The van der Waals surface area contributed by atoms with Crippen molar-refractivity contribution in [3.8, 4) is 0 Å². The molecule has 0 spiro atoms. The molecule has 1 aliphatic heterocycles. The van der Waals surface area contributed by atoms with Crippen LogP contribution in [0.2, 0.25) is 0 Å². The second-order valence-corrected chi connectivity index (χ2v) is 4.52. The Bertz CT molecular complexity index is 272. The standard InChI is InChI=1S/C13H25N3O/c1-4-16(5-2)13(17)11(3)15-12-9-7-6-8-10-14-12/h11H,4-10H2,1-3H3,(H,14,15). The minimum Gasteiger partial charge on any atom is -0.362 e. The number of hydrogen-bond acceptors (Lipinski definition) is 3. The number of amidine groups is 1. The van der Waals surface area contributed by atoms with Crippen LogP contribution in [0.25, 0.3) is 0 Å². The Hall–Kier alpha value is -1.06. The van der Waals surface area contributed by atoms with Crippen LogP contribution in [0.5, 0.6) is 0 Å². The molecule has 1 N–H and O–H groups in total. The molecule has 0 aliphatic carbocycles. The average molecular weight is 239 g/mol. The number of rotatable bonds is 4. The minimum absolute atomic E-state index is 0.160. The molecule has 1 aliphatic rings. The predicted molar refractivity (Wildman–Crippen MR) is 71.3 cm³/mol. The Morgan fingerprint density at radius 2 is 2.06 bits per heavy atom. The summed E-state index contributed by atoms with van der Waals surface area (Å²) in [5.74, 6) is 1.18. The van der Waals surface area contributed by atoms with Crippen molar-refractivity contribution in [3.05, 3.63) is 0 Å². The summed E-state index contributed by atoms with van der Waals surface area (Å²) in [4.78, 5) is 18.4. The van der Waals surface area contributed by atoms with Gasteiger partial charge in [0.05, 0.1) is 5.84 Å². The van der Waals surface area contributed by atoms with Crippen LogP contribution in [0, 0.1) is 0 Å². The average Bonchev–Trinajstić information content (AvgIpc) is 2.59. The first-order chi connectivity index (χ1) is 8.19. The van der Waals surface area contributed by atoms with Crippen molar-refractivity contribution >= 4 is 11.7 Å². The summed E-state index contributed by atoms with van der Waals surface area (Å²) in [5.41, 5.74) is 0. The number of carbonyl (C=O) groups excluding carboxylic acids is 1. The van der Waals surface area contributed by atoms with Gasteiger partial charge in [0.25, 0.3) is 0 Å². The molecule has 0 aromatic heterocycles. The van der Waals surface area contributed by atoms with Crippen molar-refractivity contribution in [2.75, 3.05) is 19.6 Å². The Morgan fingerprint density at radius 1 is 1.35 bits per heavy atom. The number of amides is 1. The first-order valence-electron chi connectivity index (χ1n) is 6.77. The predicted octanol–water partition coefficient (Wildman–Crippen LogP) is 1.81. The smallest absolute Gasteiger partial charge is 0.244 e. The van der Waals surface area contributed by atoms with E-state index in [-0.39, 0.29) is 11.9 Å². The van der Waals surface area contributed by atoms with Gasteiger partial charge in [-0.05, 0) is 33.6 Å². The second kappa shape index (κ2) is 7.30. The van der Waals surface area contributed by atoms with Gasteiger partial charge in [-0.15, -0.1) is 0 Å². The van der Waals surface area contributed by atoms with E-state index in [1.165, 1.54) is 19.3 Å². The molecule has 1 heterocycles. The molecule has 0 radical (unpaired) electrons. The Kier molecular flexibility index (Phi) is 6.01. The van der Waals surface area contributed by atoms with E-state index in [4.69, 9.17) is 0 Å². The van der Waals surface area contributed by atoms with Gasteiger partial charge in [-0.1, -0.05) is 6.42 Å². The summed E-state index contributed by atoms with van der Waals surface area (Å²) in [6.07, 6.45) is 4.57. The van der Waals surface area contributed by atoms with Gasteiger partial charge < -0.3 is 10.2 Å². The number of carbonyl (C=O) groups is 1. The third-order valence-corrected chi connectivity index (χ3v) is 3.20. The molecule has 98 valence electrons. The van der Waals surface area contributed by atoms with Crippen molar-refractivity contribution < 1.29 is 4.79 Å². The molecule has 0 fully saturated rings. The molecule has 17 heavy (non-hydrogen) atoms. The van der Waals surface area contributed by atoms with Crippen molar-refractivity contribution in [3.63, 3.8) is 0 Å². The van der Waals surface area contributed by atoms with E-state index in [0.29, 0.717) is 0 Å². The van der Waals surface area contributed by atoms with Gasteiger partial charge in [-0.3, -0.25) is 9.79 Å². The fourth-order valence-corrected chi connectivity index (χ4v) is 2.11. The highest BCUT2D eigenvalue weighted by Gasteiger charge is 2.19. The highest BCUT2D eigenvalue weighted by molar-refractivity contribution is 5.89. The first kappa shape index (κ1) is 14.0. The van der Waals surface area contributed by atoms with Crippen LogP contribution in [0.15, 0.2) is 4.99 Å². The molecular formula is C13H25N3O. The zero-order valence-electron chi connectivity index (χ0n) is 11.3. The second-order valence-electron chi connectivity index (χ2n) is 4.52. The highest BCUT2D eigenvalue weighted by atomic mass is 16.2. The van der Waals surface area contributed by atoms with E-state index in [2.05, 4.69) is 10.3 Å². The van der Waals surface area contributed by atoms with Gasteiger partial charge in [0.15, 0.2) is 0 Å². The SMILES string of the molecule is CCN(CC)C(=O)C(C)NC1=NCCCCC1. The van der Waals surface area contributed by atoms with Crippen LogP contribution >= 0.6 is 0 Å². The van der Waals surface area contributed by atoms with Gasteiger partial charge in [-0.2, -0.15) is 0 Å². The van der Waals surface area contributed by atoms with Gasteiger partial charge in [0.2, 0.25) is 5.91 Å². The molecule has 0 saturated heterocycles. The lowest BCUT2D eigenvalue weighted by Crippen LogP contribution is -2.46. The summed E-state index contributed by atoms with van der Waals surface area (Å²) >= 11 is 0. The normalized spacial score (nSPS) is 17.9. The van der Waals surface area contributed by atoms with Gasteiger partial charge in [-0.25, -0.2) is 0 Å². The van der Waals surface area contributed by atoms with Crippen LogP contribution in [-0.4, -0.2) is 42.3 Å². The zero-order chi connectivity index (χ0) is 12.7. The maximum absolute atomic E-state index is 12.1. The fraction of sp³-hybridized carbons (Fsp3) is 0.846. The van der Waals surface area contributed by atoms with E-state index < -0.39 is 0 Å². The molecular weight excluding hydrogens is 214 g/mol. The Morgan fingerprint density at radius 3 is 2.71 bits per heavy atom. The molecule has 4 heteroatoms. The topological polar surface area (TPSA) is 44.7 Å². The number of aliphatic imine (C=N–C) groups is 1. The van der Waals surface area contributed by atoms with Crippen LogP contribution in [0.4, 0.5) is 0 Å². The summed E-state index contributed by atoms with van der Waals surface area (Å²) in [6, 6.07) is -0.160. The maximum atomic E-state index is 12.1. The molecule has 0 saturated carbocycles. The molecule has 0 aromatic carbocycles. The van der Waals surface area contributed by atoms with Crippen molar-refractivity contribution in [2.45, 2.75) is 52.5 Å². The summed E-state index contributed by atoms with van der Waals surface area (Å²) in [6.45, 7) is 8.39. The lowest BCUT2D eigenvalue weighted by Gasteiger charge is -2.24. The quantitative estimate of drug-likeness (QED) is 0.813. The van der Waals surface area contributed by atoms with Crippen LogP contribution in [0.1, 0.15) is 46.5 Å². The lowest BCUT2D eigenvalue weighted by molar-refractivity contribution is -0.132. The number of likely N-dealkylation sites (N-methyl/N-ethyl adjacent to an activating group) is 1. The molecule has 1 rings (SSSR count). The molecule has 0 bridgehead atoms. The summed E-state index contributed by atoms with van der Waals surface area (Å²) < 4.78 is 0. The van der Waals surface area contributed by atoms with Crippen molar-refractivity contribution in [1.82, 2.24) is 10.2 Å². The largest absolute Gasteiger partial charge is 0.362 e. The number of hydrogen-bond donors (Lipinski definition) is 1. The lowest BCUT2D eigenvalue weighted by atomic mass is 10.2. The zero-order valence-corrected chi connectivity index (χ0v) is 11.3. The third kappa shape index (κ3) is 4.36. The molecule has 4 nitrogen and oxygen atoms in total. The van der Waals surface area contributed by atoms with Gasteiger partial charge >= 0.3 is 0 Å². The highest BCUT2D eigenvalue weighted by Crippen LogP contribution is 2.07. The van der Waals surface area contributed by atoms with E-state index in [9.17, 15) is 4.79 Å². The van der Waals surface area contributed by atoms with Crippen LogP contribution < -0.4 is 5.32 Å². The summed E-state index contributed by atoms with van der Waals surface area (Å²) in [5, 5.41) is 3.27. The van der Waals surface area contributed by atoms with Gasteiger partial charge in [0.1, 0.15) is 6.04 Å². The van der Waals surface area contributed by atoms with E-state index in [0.717, 1.165) is 31.9 Å². The summed E-state index contributed by atoms with van der Waals surface area (Å²) in [7, 11) is 0. The van der Waals surface area contributed by atoms with Crippen LogP contribution in [-0.2, 0) is 4.79 Å². The molecule has 0 aromatic rings. The first-order valence-corrected chi connectivity index (χ1v) is 6.77. The Labute approximate surface area is 104 Å². The number of nitrogens with zero attached hydrogens (tertiary/aromatic N) is 2. The van der Waals surface area contributed by atoms with Crippen molar-refractivity contribution in [2.24, 2.45) is 4.99 Å². The monoisotopic (exact) mass is 239 g/mol. The van der Waals surface area contributed by atoms with E-state index in [1.807, 2.05) is 25.7 Å². The van der Waals surface area contributed by atoms with E-state index >= 15 is 0 Å². The molecule has 1 amide bonds. The fourth-order valence-electron chi connectivity index (χ4n) is 2.11. The third-order valence-electron chi connectivity index (χ3n) is 3.20. The molecule has 1 unspecified atom stereocenters. The van der Waals surface area contributed by atoms with Crippen LogP contribution in [0.3, 0.4) is 0 Å². The minimum atomic E-state index is -0.160.